The molecule has 5 aromatic rings. The molecular formula is C64H72P2. The third-order valence-corrected chi connectivity index (χ3v) is 14.1. The van der Waals surface area contributed by atoms with Crippen LogP contribution in [0.5, 0.6) is 0 Å². The number of hydrogen-bond acceptors (Lipinski definition) is 0. The van der Waals surface area contributed by atoms with Crippen molar-refractivity contribution < 1.29 is 0 Å². The lowest BCUT2D eigenvalue weighted by atomic mass is 9.75. The van der Waals surface area contributed by atoms with Gasteiger partial charge in [0.25, 0.3) is 0 Å². The summed E-state index contributed by atoms with van der Waals surface area (Å²) < 4.78 is 0. The molecule has 5 rings (SSSR count). The van der Waals surface area contributed by atoms with E-state index in [1.807, 2.05) is 24.3 Å². The Balaban J connectivity index is 1.55. The Labute approximate surface area is 404 Å². The van der Waals surface area contributed by atoms with Gasteiger partial charge < -0.3 is 0 Å². The Morgan fingerprint density at radius 3 is 0.909 bits per heavy atom. The SMILES string of the molecule is CC(C)(C)c1cc(C(C)(C)C)c(P=C(C#CC#Cc2cccc(C#CC#CC(=Pc3c(C(C)(C)C)cc(C(C)(C)C)cc3C(C)(C)C)c3ccccc3)c2)c2ccccc2)c(C(C)(C)C)c1. The Morgan fingerprint density at radius 1 is 0.333 bits per heavy atom. The van der Waals surface area contributed by atoms with E-state index in [1.165, 1.54) is 44.0 Å². The van der Waals surface area contributed by atoms with Crippen molar-refractivity contribution in [1.29, 1.82) is 0 Å². The van der Waals surface area contributed by atoms with Gasteiger partial charge >= 0.3 is 0 Å². The molecule has 0 saturated carbocycles. The summed E-state index contributed by atoms with van der Waals surface area (Å²) in [4.78, 5) is 0. The summed E-state index contributed by atoms with van der Waals surface area (Å²) in [7, 11) is 2.16. The van der Waals surface area contributed by atoms with Crippen LogP contribution in [0.15, 0.2) is 109 Å². The lowest BCUT2D eigenvalue weighted by Crippen LogP contribution is -2.30. The first kappa shape index (κ1) is 51.7. The van der Waals surface area contributed by atoms with E-state index in [4.69, 9.17) is 0 Å². The average molecular weight is 903 g/mol. The van der Waals surface area contributed by atoms with E-state index in [-0.39, 0.29) is 32.5 Å². The number of benzene rings is 5. The van der Waals surface area contributed by atoms with Crippen molar-refractivity contribution in [3.63, 3.8) is 0 Å². The van der Waals surface area contributed by atoms with Crippen LogP contribution in [0.25, 0.3) is 0 Å². The van der Waals surface area contributed by atoms with Crippen molar-refractivity contribution in [3.05, 3.63) is 165 Å². The maximum Gasteiger partial charge on any atom is 0.0605 e. The summed E-state index contributed by atoms with van der Waals surface area (Å²) in [5.74, 6) is 26.5. The summed E-state index contributed by atoms with van der Waals surface area (Å²) in [6.07, 6.45) is 0. The standard InChI is InChI=1S/C64H72P2/c1-59(2,3)49-41-51(61(7,8)9)57(52(42-49)62(10,11)12)65-55(47-34-21-19-22-35-47)38-27-25-30-45-32-29-33-46(40-45)31-26-28-39-56(48-36-23-20-24-37-48)66-58-53(63(13,14)15)43-50(60(4,5)6)44-54(58)64(16,17)18/h19-24,29,32-37,40-44H,1-18H3. The maximum absolute atomic E-state index is 3.52. The predicted octanol–water partition coefficient (Wildman–Crippen LogP) is 15.2. The Bertz CT molecular complexity index is 2610. The van der Waals surface area contributed by atoms with Gasteiger partial charge in [-0.25, -0.2) is 0 Å². The van der Waals surface area contributed by atoms with E-state index in [1.54, 1.807) is 0 Å². The fourth-order valence-electron chi connectivity index (χ4n) is 7.47. The third-order valence-electron chi connectivity index (χ3n) is 11.5. The Hall–Kier alpha value is -5.32. The lowest BCUT2D eigenvalue weighted by molar-refractivity contribution is 0.553. The fourth-order valence-corrected chi connectivity index (χ4v) is 10.8. The second kappa shape index (κ2) is 20.3. The summed E-state index contributed by atoms with van der Waals surface area (Å²) in [5.41, 5.74) is 12.0. The molecule has 66 heavy (non-hydrogen) atoms. The van der Waals surface area contributed by atoms with E-state index in [0.29, 0.717) is 0 Å². The minimum absolute atomic E-state index is 0.0323. The summed E-state index contributed by atoms with van der Waals surface area (Å²) in [6.45, 7) is 41.7. The highest BCUT2D eigenvalue weighted by atomic mass is 31.1. The molecule has 0 spiro atoms. The first-order valence-corrected chi connectivity index (χ1v) is 25.1. The van der Waals surface area contributed by atoms with Crippen LogP contribution in [0.4, 0.5) is 0 Å². The molecule has 0 radical (unpaired) electrons. The first-order valence-electron chi connectivity index (χ1n) is 23.3. The molecule has 0 aromatic heterocycles. The van der Waals surface area contributed by atoms with Crippen molar-refractivity contribution in [2.45, 2.75) is 157 Å². The van der Waals surface area contributed by atoms with E-state index >= 15 is 0 Å². The van der Waals surface area contributed by atoms with Crippen molar-refractivity contribution in [2.75, 3.05) is 0 Å². The molecule has 0 N–H and O–H groups in total. The smallest absolute Gasteiger partial charge is 0.0605 e. The van der Waals surface area contributed by atoms with Crippen molar-refractivity contribution in [3.8, 4) is 47.4 Å². The van der Waals surface area contributed by atoms with Crippen LogP contribution in [0, 0.1) is 47.4 Å². The van der Waals surface area contributed by atoms with Crippen LogP contribution in [0.2, 0.25) is 0 Å². The molecule has 0 aliphatic carbocycles. The molecular weight excluding hydrogens is 831 g/mol. The quantitative estimate of drug-likeness (QED) is 0.125. The third kappa shape index (κ3) is 13.9. The highest BCUT2D eigenvalue weighted by Gasteiger charge is 2.30. The van der Waals surface area contributed by atoms with Crippen LogP contribution in [-0.2, 0) is 32.5 Å². The van der Waals surface area contributed by atoms with Crippen LogP contribution in [-0.4, -0.2) is 10.6 Å². The van der Waals surface area contributed by atoms with Gasteiger partial charge in [-0.3, -0.25) is 0 Å². The molecule has 0 aliphatic rings. The Kier molecular flexibility index (Phi) is 15.9. The molecule has 0 amide bonds. The van der Waals surface area contributed by atoms with Gasteiger partial charge in [-0.2, -0.15) is 0 Å². The highest BCUT2D eigenvalue weighted by molar-refractivity contribution is 7.51. The van der Waals surface area contributed by atoms with E-state index < -0.39 is 0 Å². The molecule has 0 fully saturated rings. The number of rotatable bonds is 4. The van der Waals surface area contributed by atoms with Gasteiger partial charge in [0.15, 0.2) is 0 Å². The lowest BCUT2D eigenvalue weighted by Gasteiger charge is -2.32. The average Bonchev–Trinajstić information content (AvgIpc) is 3.21. The minimum atomic E-state index is -0.0502. The molecule has 0 atom stereocenters. The monoisotopic (exact) mass is 903 g/mol. The molecule has 338 valence electrons. The van der Waals surface area contributed by atoms with Crippen LogP contribution < -0.4 is 10.6 Å². The summed E-state index contributed by atoms with van der Waals surface area (Å²) >= 11 is 0. The molecule has 0 aliphatic heterocycles. The van der Waals surface area contributed by atoms with Crippen LogP contribution in [0.1, 0.15) is 180 Å². The molecule has 0 saturated heterocycles. The van der Waals surface area contributed by atoms with Crippen LogP contribution >= 0.6 is 16.4 Å². The highest BCUT2D eigenvalue weighted by Crippen LogP contribution is 2.38. The van der Waals surface area contributed by atoms with Crippen molar-refractivity contribution in [1.82, 2.24) is 0 Å². The fraction of sp³-hybridized carbons (Fsp3) is 0.375. The Morgan fingerprint density at radius 2 is 0.636 bits per heavy atom. The van der Waals surface area contributed by atoms with Crippen LogP contribution in [0.3, 0.4) is 0 Å². The largest absolute Gasteiger partial charge is 0.0622 e. The van der Waals surface area contributed by atoms with Gasteiger partial charge in [-0.15, -0.1) is 0 Å². The predicted molar refractivity (Wildman–Crippen MR) is 295 cm³/mol. The molecule has 5 aromatic carbocycles. The van der Waals surface area contributed by atoms with Crippen molar-refractivity contribution >= 4 is 37.6 Å². The molecule has 0 heterocycles. The van der Waals surface area contributed by atoms with Gasteiger partial charge in [0.1, 0.15) is 0 Å². The van der Waals surface area contributed by atoms with Gasteiger partial charge in [0, 0.05) is 21.7 Å². The number of hydrogen-bond donors (Lipinski definition) is 0. The van der Waals surface area contributed by atoms with E-state index in [9.17, 15) is 0 Å². The van der Waals surface area contributed by atoms with Gasteiger partial charge in [-0.05, 0) is 147 Å². The minimum Gasteiger partial charge on any atom is -0.0622 e. The molecule has 2 heteroatoms. The van der Waals surface area contributed by atoms with Crippen molar-refractivity contribution in [2.24, 2.45) is 0 Å². The second-order valence-electron chi connectivity index (χ2n) is 23.6. The zero-order valence-corrected chi connectivity index (χ0v) is 45.1. The first-order chi connectivity index (χ1) is 30.5. The summed E-state index contributed by atoms with van der Waals surface area (Å²) in [6, 6.07) is 38.9. The topological polar surface area (TPSA) is 0 Å². The zero-order chi connectivity index (χ0) is 48.9. The molecule has 0 unspecified atom stereocenters. The van der Waals surface area contributed by atoms with Gasteiger partial charge in [-0.1, -0.05) is 227 Å². The summed E-state index contributed by atoms with van der Waals surface area (Å²) in [5, 5.41) is 4.76. The van der Waals surface area contributed by atoms with E-state index in [2.05, 4.69) is 257 Å². The van der Waals surface area contributed by atoms with E-state index in [0.717, 1.165) is 49.2 Å². The maximum atomic E-state index is 3.52. The zero-order valence-electron chi connectivity index (χ0n) is 43.3. The molecule has 0 nitrogen and oxygen atoms in total. The van der Waals surface area contributed by atoms with Gasteiger partial charge in [0.2, 0.25) is 0 Å². The van der Waals surface area contributed by atoms with Gasteiger partial charge in [0.05, 0.1) is 10.6 Å². The normalized spacial score (nSPS) is 12.7. The molecule has 0 bridgehead atoms. The second-order valence-corrected chi connectivity index (χ2v) is 25.8.